The van der Waals surface area contributed by atoms with Gasteiger partial charge in [-0.15, -0.1) is 0 Å². The van der Waals surface area contributed by atoms with E-state index in [1.807, 2.05) is 0 Å². The first-order valence-corrected chi connectivity index (χ1v) is 6.99. The summed E-state index contributed by atoms with van der Waals surface area (Å²) < 4.78 is 0. The number of hydrogen-bond donors (Lipinski definition) is 3. The molecule has 2 aliphatic rings. The molecule has 1 atom stereocenters. The highest BCUT2D eigenvalue weighted by Crippen LogP contribution is 2.18. The van der Waals surface area contributed by atoms with Crippen LogP contribution in [0.3, 0.4) is 0 Å². The zero-order valence-electron chi connectivity index (χ0n) is 10.6. The molecule has 0 radical (unpaired) electrons. The van der Waals surface area contributed by atoms with Gasteiger partial charge in [0.25, 0.3) is 0 Å². The third kappa shape index (κ3) is 4.28. The second kappa shape index (κ2) is 6.36. The minimum Gasteiger partial charge on any atom is -0.353 e. The minimum absolute atomic E-state index is 0.234. The van der Waals surface area contributed by atoms with Gasteiger partial charge in [-0.05, 0) is 57.5 Å². The maximum absolute atomic E-state index is 11.8. The lowest BCUT2D eigenvalue weighted by Gasteiger charge is -2.26. The first kappa shape index (κ1) is 12.8. The van der Waals surface area contributed by atoms with Crippen molar-refractivity contribution < 1.29 is 4.79 Å². The third-order valence-corrected chi connectivity index (χ3v) is 4.08. The Hall–Kier alpha value is -0.610. The fraction of sp³-hybridized carbons (Fsp3) is 0.923. The van der Waals surface area contributed by atoms with E-state index in [-0.39, 0.29) is 5.91 Å². The molecule has 98 valence electrons. The summed E-state index contributed by atoms with van der Waals surface area (Å²) in [4.78, 5) is 11.8. The molecule has 2 fully saturated rings. The second-order valence-corrected chi connectivity index (χ2v) is 5.58. The number of carbonyl (C=O) groups excluding carboxylic acids is 1. The molecule has 0 spiro atoms. The number of amides is 1. The van der Waals surface area contributed by atoms with Crippen LogP contribution in [0, 0.1) is 5.92 Å². The number of rotatable bonds is 4. The first-order chi connectivity index (χ1) is 8.24. The first-order valence-electron chi connectivity index (χ1n) is 6.99. The Morgan fingerprint density at radius 1 is 1.24 bits per heavy atom. The largest absolute Gasteiger partial charge is 0.353 e. The quantitative estimate of drug-likeness (QED) is 0.678. The highest BCUT2D eigenvalue weighted by Gasteiger charge is 2.21. The van der Waals surface area contributed by atoms with Crippen LogP contribution in [-0.4, -0.2) is 31.1 Å². The zero-order chi connectivity index (χ0) is 12.1. The molecule has 17 heavy (non-hydrogen) atoms. The molecule has 1 heterocycles. The lowest BCUT2D eigenvalue weighted by atomic mass is 9.91. The Bertz CT molecular complexity index is 243. The van der Waals surface area contributed by atoms with Crippen molar-refractivity contribution in [3.05, 3.63) is 0 Å². The monoisotopic (exact) mass is 239 g/mol. The van der Waals surface area contributed by atoms with Crippen molar-refractivity contribution in [1.82, 2.24) is 10.6 Å². The van der Waals surface area contributed by atoms with Crippen LogP contribution in [0.5, 0.6) is 0 Å². The minimum atomic E-state index is 0.234. The number of nitrogens with two attached hydrogens (primary N) is 1. The lowest BCUT2D eigenvalue weighted by molar-refractivity contribution is -0.122. The van der Waals surface area contributed by atoms with Crippen LogP contribution in [-0.2, 0) is 4.79 Å². The van der Waals surface area contributed by atoms with Crippen LogP contribution in [0.15, 0.2) is 0 Å². The summed E-state index contributed by atoms with van der Waals surface area (Å²) in [6, 6.07) is 0.733. The summed E-state index contributed by atoms with van der Waals surface area (Å²) in [7, 11) is 0. The van der Waals surface area contributed by atoms with Gasteiger partial charge in [0.05, 0.1) is 0 Å². The van der Waals surface area contributed by atoms with Gasteiger partial charge in [0.2, 0.25) is 5.91 Å². The average molecular weight is 239 g/mol. The number of carbonyl (C=O) groups is 1. The van der Waals surface area contributed by atoms with Crippen molar-refractivity contribution in [2.24, 2.45) is 11.7 Å². The van der Waals surface area contributed by atoms with Gasteiger partial charge >= 0.3 is 0 Å². The Kier molecular flexibility index (Phi) is 4.80. The van der Waals surface area contributed by atoms with Crippen molar-refractivity contribution in [1.29, 1.82) is 0 Å². The second-order valence-electron chi connectivity index (χ2n) is 5.58. The van der Waals surface area contributed by atoms with E-state index in [0.29, 0.717) is 24.4 Å². The Labute approximate surface area is 104 Å². The molecule has 1 unspecified atom stereocenters. The van der Waals surface area contributed by atoms with E-state index in [9.17, 15) is 4.79 Å². The molecule has 1 aliphatic heterocycles. The molecule has 0 aromatic heterocycles. The lowest BCUT2D eigenvalue weighted by Crippen LogP contribution is -2.40. The molecule has 0 aromatic carbocycles. The molecular formula is C13H25N3O. The van der Waals surface area contributed by atoms with Gasteiger partial charge in [-0.1, -0.05) is 0 Å². The van der Waals surface area contributed by atoms with E-state index in [2.05, 4.69) is 10.6 Å². The number of hydrogen-bond acceptors (Lipinski definition) is 3. The fourth-order valence-electron chi connectivity index (χ4n) is 2.86. The maximum Gasteiger partial charge on any atom is 0.220 e. The molecule has 1 amide bonds. The normalized spacial score (nSPS) is 33.6. The van der Waals surface area contributed by atoms with Gasteiger partial charge in [0, 0.05) is 18.5 Å². The molecule has 4 heteroatoms. The van der Waals surface area contributed by atoms with Crippen LogP contribution >= 0.6 is 0 Å². The zero-order valence-corrected chi connectivity index (χ0v) is 10.6. The standard InChI is InChI=1S/C13H25N3O/c14-11-2-4-12(5-3-11)16-13(17)6-1-10-7-8-15-9-10/h10-12,15H,1-9,14H2,(H,16,17). The molecule has 4 N–H and O–H groups in total. The van der Waals surface area contributed by atoms with Crippen LogP contribution in [0.25, 0.3) is 0 Å². The molecule has 4 nitrogen and oxygen atoms in total. The van der Waals surface area contributed by atoms with Gasteiger partial charge in [-0.3, -0.25) is 4.79 Å². The van der Waals surface area contributed by atoms with Crippen molar-refractivity contribution in [3.8, 4) is 0 Å². The molecule has 2 rings (SSSR count). The topological polar surface area (TPSA) is 67.1 Å². The van der Waals surface area contributed by atoms with E-state index in [1.54, 1.807) is 0 Å². The summed E-state index contributed by atoms with van der Waals surface area (Å²) in [5.74, 6) is 0.942. The van der Waals surface area contributed by atoms with E-state index in [0.717, 1.165) is 45.2 Å². The van der Waals surface area contributed by atoms with Crippen LogP contribution in [0.2, 0.25) is 0 Å². The maximum atomic E-state index is 11.8. The summed E-state index contributed by atoms with van der Waals surface area (Å²) in [6.45, 7) is 2.21. The van der Waals surface area contributed by atoms with Crippen molar-refractivity contribution in [2.75, 3.05) is 13.1 Å². The van der Waals surface area contributed by atoms with Crippen molar-refractivity contribution in [3.63, 3.8) is 0 Å². The summed E-state index contributed by atoms with van der Waals surface area (Å²) in [6.07, 6.45) is 7.16. The van der Waals surface area contributed by atoms with E-state index in [1.165, 1.54) is 6.42 Å². The molecule has 0 bridgehead atoms. The highest BCUT2D eigenvalue weighted by atomic mass is 16.1. The fourth-order valence-corrected chi connectivity index (χ4v) is 2.86. The Balaban J connectivity index is 1.60. The van der Waals surface area contributed by atoms with Crippen molar-refractivity contribution in [2.45, 2.75) is 57.0 Å². The highest BCUT2D eigenvalue weighted by molar-refractivity contribution is 5.76. The van der Waals surface area contributed by atoms with Gasteiger partial charge in [0.1, 0.15) is 0 Å². The SMILES string of the molecule is NC1CCC(NC(=O)CCC2CCNC2)CC1. The molecule has 1 aliphatic carbocycles. The third-order valence-electron chi connectivity index (χ3n) is 4.08. The van der Waals surface area contributed by atoms with Crippen LogP contribution in [0.1, 0.15) is 44.9 Å². The summed E-state index contributed by atoms with van der Waals surface area (Å²) in [5.41, 5.74) is 5.85. The van der Waals surface area contributed by atoms with E-state index < -0.39 is 0 Å². The van der Waals surface area contributed by atoms with Gasteiger partial charge < -0.3 is 16.4 Å². The number of nitrogens with one attached hydrogen (secondary N) is 2. The molecular weight excluding hydrogens is 214 g/mol. The molecule has 0 aromatic rings. The van der Waals surface area contributed by atoms with Gasteiger partial charge in [-0.25, -0.2) is 0 Å². The Morgan fingerprint density at radius 3 is 2.65 bits per heavy atom. The Morgan fingerprint density at radius 2 is 2.00 bits per heavy atom. The average Bonchev–Trinajstić information content (AvgIpc) is 2.83. The van der Waals surface area contributed by atoms with E-state index in [4.69, 9.17) is 5.73 Å². The summed E-state index contributed by atoms with van der Waals surface area (Å²) in [5, 5.41) is 6.49. The van der Waals surface area contributed by atoms with Crippen molar-refractivity contribution >= 4 is 5.91 Å². The smallest absolute Gasteiger partial charge is 0.220 e. The molecule has 1 saturated heterocycles. The predicted molar refractivity (Wildman–Crippen MR) is 68.6 cm³/mol. The van der Waals surface area contributed by atoms with Gasteiger partial charge in [-0.2, -0.15) is 0 Å². The van der Waals surface area contributed by atoms with Crippen LogP contribution in [0.4, 0.5) is 0 Å². The summed E-state index contributed by atoms with van der Waals surface area (Å²) >= 11 is 0. The molecule has 1 saturated carbocycles. The van der Waals surface area contributed by atoms with E-state index >= 15 is 0 Å². The predicted octanol–water partition coefficient (Wildman–Crippen LogP) is 0.762. The van der Waals surface area contributed by atoms with Gasteiger partial charge in [0.15, 0.2) is 0 Å². The van der Waals surface area contributed by atoms with Crippen LogP contribution < -0.4 is 16.4 Å².